The van der Waals surface area contributed by atoms with Gasteiger partial charge < -0.3 is 15.0 Å². The Bertz CT molecular complexity index is 665. The molecule has 1 fully saturated rings. The molecule has 0 unspecified atom stereocenters. The van der Waals surface area contributed by atoms with Gasteiger partial charge in [-0.2, -0.15) is 0 Å². The van der Waals surface area contributed by atoms with Crippen molar-refractivity contribution >= 4 is 33.5 Å². The Labute approximate surface area is 133 Å². The summed E-state index contributed by atoms with van der Waals surface area (Å²) in [4.78, 5) is 24.3. The minimum Gasteiger partial charge on any atom is -0.453 e. The number of piperidine rings is 1. The van der Waals surface area contributed by atoms with Gasteiger partial charge in [0.15, 0.2) is 0 Å². The summed E-state index contributed by atoms with van der Waals surface area (Å²) >= 11 is 1.72. The minimum absolute atomic E-state index is 0.242. The largest absolute Gasteiger partial charge is 0.453 e. The maximum Gasteiger partial charge on any atom is 0.409 e. The predicted octanol–water partition coefficient (Wildman–Crippen LogP) is 2.90. The van der Waals surface area contributed by atoms with E-state index in [0.29, 0.717) is 19.1 Å². The van der Waals surface area contributed by atoms with Gasteiger partial charge in [-0.25, -0.2) is 14.8 Å². The Morgan fingerprint density at radius 2 is 2.23 bits per heavy atom. The number of amides is 1. The van der Waals surface area contributed by atoms with Gasteiger partial charge in [-0.15, -0.1) is 11.3 Å². The van der Waals surface area contributed by atoms with Gasteiger partial charge in [0.25, 0.3) is 0 Å². The fraction of sp³-hybridized carbons (Fsp3) is 0.533. The van der Waals surface area contributed by atoms with Crippen LogP contribution in [0.25, 0.3) is 10.2 Å². The fourth-order valence-electron chi connectivity index (χ4n) is 2.72. The number of ether oxygens (including phenoxy) is 1. The molecule has 0 bridgehead atoms. The fourth-order valence-corrected chi connectivity index (χ4v) is 3.66. The quantitative estimate of drug-likeness (QED) is 0.942. The summed E-state index contributed by atoms with van der Waals surface area (Å²) < 4.78 is 4.76. The van der Waals surface area contributed by atoms with Gasteiger partial charge in [0.05, 0.1) is 12.5 Å². The summed E-state index contributed by atoms with van der Waals surface area (Å²) in [5.74, 6) is 0.900. The second-order valence-corrected chi connectivity index (χ2v) is 6.50. The number of anilines is 1. The minimum atomic E-state index is -0.242. The second kappa shape index (κ2) is 6.48. The van der Waals surface area contributed by atoms with Crippen molar-refractivity contribution in [1.29, 1.82) is 0 Å². The SMILES string of the molecule is CCc1cc2c(NC3CCN(C(=O)OC)CC3)ncnc2s1. The molecule has 7 heteroatoms. The number of carbonyl (C=O) groups is 1. The number of methoxy groups -OCH3 is 1. The number of likely N-dealkylation sites (tertiary alicyclic amines) is 1. The van der Waals surface area contributed by atoms with Crippen molar-refractivity contribution in [2.75, 3.05) is 25.5 Å². The third-order valence-corrected chi connectivity index (χ3v) is 5.18. The third-order valence-electron chi connectivity index (χ3n) is 4.00. The Hall–Kier alpha value is -1.89. The van der Waals surface area contributed by atoms with Crippen LogP contribution in [0.3, 0.4) is 0 Å². The van der Waals surface area contributed by atoms with E-state index in [4.69, 9.17) is 4.74 Å². The number of fused-ring (bicyclic) bond motifs is 1. The molecule has 3 heterocycles. The first kappa shape index (κ1) is 15.0. The molecular weight excluding hydrogens is 300 g/mol. The summed E-state index contributed by atoms with van der Waals surface area (Å²) in [5.41, 5.74) is 0. The van der Waals surface area contributed by atoms with Crippen LogP contribution in [-0.2, 0) is 11.2 Å². The van der Waals surface area contributed by atoms with Crippen LogP contribution in [0.5, 0.6) is 0 Å². The highest BCUT2D eigenvalue weighted by molar-refractivity contribution is 7.18. The maximum atomic E-state index is 11.5. The molecule has 1 aliphatic rings. The van der Waals surface area contributed by atoms with Crippen molar-refractivity contribution in [2.24, 2.45) is 0 Å². The zero-order valence-corrected chi connectivity index (χ0v) is 13.7. The Balaban J connectivity index is 1.69. The first-order chi connectivity index (χ1) is 10.7. The highest BCUT2D eigenvalue weighted by Gasteiger charge is 2.23. The van der Waals surface area contributed by atoms with Crippen molar-refractivity contribution < 1.29 is 9.53 Å². The maximum absolute atomic E-state index is 11.5. The van der Waals surface area contributed by atoms with Crippen molar-refractivity contribution in [3.8, 4) is 0 Å². The van der Waals surface area contributed by atoms with E-state index < -0.39 is 0 Å². The summed E-state index contributed by atoms with van der Waals surface area (Å²) in [6.07, 6.45) is 4.17. The molecule has 0 aliphatic carbocycles. The molecule has 6 nitrogen and oxygen atoms in total. The number of aromatic nitrogens is 2. The molecule has 1 saturated heterocycles. The van der Waals surface area contributed by atoms with Crippen LogP contribution in [0.4, 0.5) is 10.6 Å². The molecular formula is C15H20N4O2S. The van der Waals surface area contributed by atoms with Crippen LogP contribution in [0, 0.1) is 0 Å². The molecule has 0 saturated carbocycles. The molecule has 0 radical (unpaired) electrons. The van der Waals surface area contributed by atoms with E-state index in [-0.39, 0.29) is 6.09 Å². The number of rotatable bonds is 3. The second-order valence-electron chi connectivity index (χ2n) is 5.38. The summed E-state index contributed by atoms with van der Waals surface area (Å²) in [7, 11) is 1.42. The zero-order valence-electron chi connectivity index (χ0n) is 12.8. The molecule has 1 N–H and O–H groups in total. The lowest BCUT2D eigenvalue weighted by atomic mass is 10.1. The first-order valence-corrected chi connectivity index (χ1v) is 8.35. The summed E-state index contributed by atoms with van der Waals surface area (Å²) in [5, 5.41) is 4.61. The molecule has 2 aromatic rings. The topological polar surface area (TPSA) is 67.4 Å². The van der Waals surface area contributed by atoms with Gasteiger partial charge in [0.1, 0.15) is 17.0 Å². The van der Waals surface area contributed by atoms with Gasteiger partial charge >= 0.3 is 6.09 Å². The van der Waals surface area contributed by atoms with Crippen molar-refractivity contribution in [3.05, 3.63) is 17.3 Å². The zero-order chi connectivity index (χ0) is 15.5. The molecule has 0 atom stereocenters. The number of hydrogen-bond donors (Lipinski definition) is 1. The number of aryl methyl sites for hydroxylation is 1. The van der Waals surface area contributed by atoms with Gasteiger partial charge in [-0.3, -0.25) is 0 Å². The van der Waals surface area contributed by atoms with Crippen molar-refractivity contribution in [3.63, 3.8) is 0 Å². The molecule has 0 spiro atoms. The molecule has 2 aromatic heterocycles. The highest BCUT2D eigenvalue weighted by Crippen LogP contribution is 2.29. The lowest BCUT2D eigenvalue weighted by Crippen LogP contribution is -2.42. The number of nitrogens with zero attached hydrogens (tertiary/aromatic N) is 3. The van der Waals surface area contributed by atoms with Crippen LogP contribution in [0.2, 0.25) is 0 Å². The summed E-state index contributed by atoms with van der Waals surface area (Å²) in [6.45, 7) is 3.57. The van der Waals surface area contributed by atoms with Gasteiger partial charge in [-0.05, 0) is 25.3 Å². The first-order valence-electron chi connectivity index (χ1n) is 7.54. The van der Waals surface area contributed by atoms with Gasteiger partial charge in [-0.1, -0.05) is 6.92 Å². The van der Waals surface area contributed by atoms with Crippen LogP contribution in [0.15, 0.2) is 12.4 Å². The monoisotopic (exact) mass is 320 g/mol. The molecule has 22 heavy (non-hydrogen) atoms. The Kier molecular flexibility index (Phi) is 4.42. The standard InChI is InChI=1S/C15H20N4O2S/c1-3-11-8-12-13(16-9-17-14(12)22-11)18-10-4-6-19(7-5-10)15(20)21-2/h8-10H,3-7H2,1-2H3,(H,16,17,18). The van der Waals surface area contributed by atoms with Crippen molar-refractivity contribution in [2.45, 2.75) is 32.2 Å². The Morgan fingerprint density at radius 3 is 2.91 bits per heavy atom. The van der Waals surface area contributed by atoms with Crippen LogP contribution in [0.1, 0.15) is 24.6 Å². The smallest absolute Gasteiger partial charge is 0.409 e. The number of hydrogen-bond acceptors (Lipinski definition) is 6. The van der Waals surface area contributed by atoms with Crippen LogP contribution in [-0.4, -0.2) is 47.2 Å². The molecule has 0 aromatic carbocycles. The normalized spacial score (nSPS) is 16.0. The van der Waals surface area contributed by atoms with E-state index in [1.807, 2.05) is 0 Å². The van der Waals surface area contributed by atoms with Gasteiger partial charge in [0, 0.05) is 24.0 Å². The van der Waals surface area contributed by atoms with Crippen molar-refractivity contribution in [1.82, 2.24) is 14.9 Å². The predicted molar refractivity (Wildman–Crippen MR) is 87.4 cm³/mol. The molecule has 3 rings (SSSR count). The summed E-state index contributed by atoms with van der Waals surface area (Å²) in [6, 6.07) is 2.50. The molecule has 118 valence electrons. The number of thiophene rings is 1. The highest BCUT2D eigenvalue weighted by atomic mass is 32.1. The Morgan fingerprint density at radius 1 is 1.45 bits per heavy atom. The van der Waals surface area contributed by atoms with E-state index in [2.05, 4.69) is 28.3 Å². The molecule has 1 amide bonds. The van der Waals surface area contributed by atoms with E-state index in [1.54, 1.807) is 22.6 Å². The van der Waals surface area contributed by atoms with E-state index >= 15 is 0 Å². The number of nitrogens with one attached hydrogen (secondary N) is 1. The van der Waals surface area contributed by atoms with Gasteiger partial charge in [0.2, 0.25) is 0 Å². The lowest BCUT2D eigenvalue weighted by molar-refractivity contribution is 0.113. The van der Waals surface area contributed by atoms with Crippen LogP contribution < -0.4 is 5.32 Å². The molecule has 1 aliphatic heterocycles. The third kappa shape index (κ3) is 2.99. The number of carbonyl (C=O) groups excluding carboxylic acids is 1. The van der Waals surface area contributed by atoms with E-state index in [0.717, 1.165) is 35.3 Å². The average Bonchev–Trinajstić information content (AvgIpc) is 2.99. The average molecular weight is 320 g/mol. The van der Waals surface area contributed by atoms with E-state index in [1.165, 1.54) is 12.0 Å². The van der Waals surface area contributed by atoms with Crippen LogP contribution >= 0.6 is 11.3 Å². The van der Waals surface area contributed by atoms with E-state index in [9.17, 15) is 4.79 Å². The lowest BCUT2D eigenvalue weighted by Gasteiger charge is -2.31.